The Morgan fingerprint density at radius 3 is 3.00 bits per heavy atom. The molecule has 0 bridgehead atoms. The smallest absolute Gasteiger partial charge is 0.405 e. The van der Waals surface area contributed by atoms with Crippen molar-refractivity contribution in [3.05, 3.63) is 23.8 Å². The molecule has 0 radical (unpaired) electrons. The molecule has 1 amide bonds. The van der Waals surface area contributed by atoms with Gasteiger partial charge in [0.2, 0.25) is 0 Å². The van der Waals surface area contributed by atoms with E-state index in [1.54, 1.807) is 12.4 Å². The number of nitrogens with zero attached hydrogens (tertiary/aromatic N) is 2. The maximum absolute atomic E-state index is 10.6. The minimum absolute atomic E-state index is 0.200. The molecule has 5 heteroatoms. The van der Waals surface area contributed by atoms with Crippen molar-refractivity contribution in [2.24, 2.45) is 0 Å². The van der Waals surface area contributed by atoms with Gasteiger partial charge in [-0.15, -0.1) is 0 Å². The van der Waals surface area contributed by atoms with Crippen molar-refractivity contribution in [1.82, 2.24) is 15.3 Å². The SMILES string of the molecule is O=C(O)NC1CCCCc2nccnc21. The minimum atomic E-state index is -1.00. The maximum atomic E-state index is 10.6. The maximum Gasteiger partial charge on any atom is 0.405 e. The van der Waals surface area contributed by atoms with Gasteiger partial charge in [-0.25, -0.2) is 4.79 Å². The molecule has 1 atom stereocenters. The summed E-state index contributed by atoms with van der Waals surface area (Å²) in [5, 5.41) is 11.2. The molecule has 1 unspecified atom stereocenters. The van der Waals surface area contributed by atoms with Crippen LogP contribution in [-0.4, -0.2) is 21.2 Å². The molecule has 0 spiro atoms. The van der Waals surface area contributed by atoms with Crippen molar-refractivity contribution in [3.63, 3.8) is 0 Å². The van der Waals surface area contributed by atoms with Crippen molar-refractivity contribution >= 4 is 6.09 Å². The van der Waals surface area contributed by atoms with E-state index < -0.39 is 6.09 Å². The average molecular weight is 207 g/mol. The minimum Gasteiger partial charge on any atom is -0.465 e. The van der Waals surface area contributed by atoms with Crippen molar-refractivity contribution in [2.45, 2.75) is 31.7 Å². The number of rotatable bonds is 1. The first kappa shape index (κ1) is 9.89. The highest BCUT2D eigenvalue weighted by Crippen LogP contribution is 2.25. The summed E-state index contributed by atoms with van der Waals surface area (Å²) in [7, 11) is 0. The highest BCUT2D eigenvalue weighted by atomic mass is 16.4. The molecule has 2 N–H and O–H groups in total. The molecule has 1 aliphatic carbocycles. The first-order valence-electron chi connectivity index (χ1n) is 5.06. The lowest BCUT2D eigenvalue weighted by Crippen LogP contribution is -2.27. The molecule has 0 aliphatic heterocycles. The third kappa shape index (κ3) is 2.23. The van der Waals surface area contributed by atoms with E-state index in [9.17, 15) is 4.79 Å². The van der Waals surface area contributed by atoms with E-state index in [0.717, 1.165) is 37.1 Å². The average Bonchev–Trinajstić information content (AvgIpc) is 2.41. The van der Waals surface area contributed by atoms with Gasteiger partial charge >= 0.3 is 6.09 Å². The van der Waals surface area contributed by atoms with Gasteiger partial charge in [-0.3, -0.25) is 9.97 Å². The van der Waals surface area contributed by atoms with Gasteiger partial charge in [-0.05, 0) is 19.3 Å². The molecule has 0 saturated carbocycles. The Morgan fingerprint density at radius 2 is 2.20 bits per heavy atom. The van der Waals surface area contributed by atoms with E-state index in [0.29, 0.717) is 0 Å². The van der Waals surface area contributed by atoms with E-state index in [4.69, 9.17) is 5.11 Å². The zero-order valence-corrected chi connectivity index (χ0v) is 8.31. The number of carboxylic acid groups (broad SMARTS) is 1. The third-order valence-corrected chi connectivity index (χ3v) is 2.59. The van der Waals surface area contributed by atoms with Crippen molar-refractivity contribution in [2.75, 3.05) is 0 Å². The molecule has 0 saturated heterocycles. The van der Waals surface area contributed by atoms with Crippen LogP contribution in [0.15, 0.2) is 12.4 Å². The van der Waals surface area contributed by atoms with Gasteiger partial charge in [0, 0.05) is 12.4 Å². The van der Waals surface area contributed by atoms with Crippen molar-refractivity contribution < 1.29 is 9.90 Å². The van der Waals surface area contributed by atoms with Gasteiger partial charge in [0.05, 0.1) is 17.4 Å². The summed E-state index contributed by atoms with van der Waals surface area (Å²) < 4.78 is 0. The summed E-state index contributed by atoms with van der Waals surface area (Å²) in [4.78, 5) is 19.1. The number of amides is 1. The number of aryl methyl sites for hydroxylation is 1. The molecular weight excluding hydrogens is 194 g/mol. The molecule has 5 nitrogen and oxygen atoms in total. The van der Waals surface area contributed by atoms with Crippen LogP contribution in [0.4, 0.5) is 4.79 Å². The highest BCUT2D eigenvalue weighted by molar-refractivity contribution is 5.65. The molecule has 1 heterocycles. The van der Waals surface area contributed by atoms with Crippen LogP contribution in [0.3, 0.4) is 0 Å². The summed E-state index contributed by atoms with van der Waals surface area (Å²) in [6.07, 6.45) is 6.01. The van der Waals surface area contributed by atoms with Crippen LogP contribution in [0.25, 0.3) is 0 Å². The summed E-state index contributed by atoms with van der Waals surface area (Å²) >= 11 is 0. The molecule has 0 aromatic carbocycles. The lowest BCUT2D eigenvalue weighted by atomic mass is 10.1. The van der Waals surface area contributed by atoms with Crippen LogP contribution < -0.4 is 5.32 Å². The second-order valence-electron chi connectivity index (χ2n) is 3.64. The highest BCUT2D eigenvalue weighted by Gasteiger charge is 2.21. The molecule has 2 rings (SSSR count). The van der Waals surface area contributed by atoms with Gasteiger partial charge < -0.3 is 10.4 Å². The van der Waals surface area contributed by atoms with E-state index in [1.807, 2.05) is 0 Å². The Morgan fingerprint density at radius 1 is 1.40 bits per heavy atom. The quantitative estimate of drug-likeness (QED) is 0.684. The topological polar surface area (TPSA) is 75.1 Å². The third-order valence-electron chi connectivity index (χ3n) is 2.59. The van der Waals surface area contributed by atoms with Crippen LogP contribution in [-0.2, 0) is 6.42 Å². The predicted octanol–water partition coefficient (Wildman–Crippen LogP) is 1.51. The molecule has 80 valence electrons. The second kappa shape index (κ2) is 4.25. The Kier molecular flexibility index (Phi) is 2.80. The number of hydrogen-bond donors (Lipinski definition) is 2. The number of fused-ring (bicyclic) bond motifs is 1. The van der Waals surface area contributed by atoms with Crippen LogP contribution in [0.1, 0.15) is 36.7 Å². The van der Waals surface area contributed by atoms with Crippen LogP contribution >= 0.6 is 0 Å². The van der Waals surface area contributed by atoms with Gasteiger partial charge in [-0.2, -0.15) is 0 Å². The second-order valence-corrected chi connectivity index (χ2v) is 3.64. The summed E-state index contributed by atoms with van der Waals surface area (Å²) in [5.41, 5.74) is 1.71. The monoisotopic (exact) mass is 207 g/mol. The van der Waals surface area contributed by atoms with Crippen LogP contribution in [0.5, 0.6) is 0 Å². The lowest BCUT2D eigenvalue weighted by molar-refractivity contribution is 0.188. The van der Waals surface area contributed by atoms with Gasteiger partial charge in [0.15, 0.2) is 0 Å². The van der Waals surface area contributed by atoms with Gasteiger partial charge in [-0.1, -0.05) is 6.42 Å². The number of hydrogen-bond acceptors (Lipinski definition) is 3. The normalized spacial score (nSPS) is 20.1. The summed E-state index contributed by atoms with van der Waals surface area (Å²) in [5.74, 6) is 0. The molecule has 1 aromatic heterocycles. The summed E-state index contributed by atoms with van der Waals surface area (Å²) in [6.45, 7) is 0. The fraction of sp³-hybridized carbons (Fsp3) is 0.500. The standard InChI is InChI=1S/C10H13N3O2/c14-10(15)13-8-4-2-1-3-7-9(8)12-6-5-11-7/h5-6,8,13H,1-4H2,(H,14,15). The first-order valence-corrected chi connectivity index (χ1v) is 5.06. The zero-order valence-electron chi connectivity index (χ0n) is 8.31. The van der Waals surface area contributed by atoms with E-state index in [1.165, 1.54) is 0 Å². The number of carbonyl (C=O) groups is 1. The fourth-order valence-electron chi connectivity index (χ4n) is 1.93. The molecule has 15 heavy (non-hydrogen) atoms. The van der Waals surface area contributed by atoms with Gasteiger partial charge in [0.1, 0.15) is 0 Å². The summed E-state index contributed by atoms with van der Waals surface area (Å²) in [6, 6.07) is -0.200. The Hall–Kier alpha value is -1.65. The predicted molar refractivity (Wildman–Crippen MR) is 53.5 cm³/mol. The van der Waals surface area contributed by atoms with Crippen molar-refractivity contribution in [3.8, 4) is 0 Å². The molecular formula is C10H13N3O2. The van der Waals surface area contributed by atoms with Gasteiger partial charge in [0.25, 0.3) is 0 Å². The Labute approximate surface area is 87.6 Å². The zero-order chi connectivity index (χ0) is 10.7. The molecule has 1 aromatic rings. The number of nitrogens with one attached hydrogen (secondary N) is 1. The largest absolute Gasteiger partial charge is 0.465 e. The first-order chi connectivity index (χ1) is 7.27. The molecule has 1 aliphatic rings. The fourth-order valence-corrected chi connectivity index (χ4v) is 1.93. The van der Waals surface area contributed by atoms with E-state index in [-0.39, 0.29) is 6.04 Å². The lowest BCUT2D eigenvalue weighted by Gasteiger charge is -2.15. The van der Waals surface area contributed by atoms with E-state index >= 15 is 0 Å². The van der Waals surface area contributed by atoms with E-state index in [2.05, 4.69) is 15.3 Å². The Bertz CT molecular complexity index is 367. The van der Waals surface area contributed by atoms with Crippen molar-refractivity contribution in [1.29, 1.82) is 0 Å². The number of aromatic nitrogens is 2. The van der Waals surface area contributed by atoms with Crippen LogP contribution in [0, 0.1) is 0 Å². The van der Waals surface area contributed by atoms with Crippen LogP contribution in [0.2, 0.25) is 0 Å². The Balaban J connectivity index is 2.28. The molecule has 0 fully saturated rings.